The topological polar surface area (TPSA) is 106 Å². The predicted molar refractivity (Wildman–Crippen MR) is 146 cm³/mol. The van der Waals surface area contributed by atoms with Gasteiger partial charge in [0.1, 0.15) is 34.1 Å². The number of benzene rings is 1. The van der Waals surface area contributed by atoms with Crippen molar-refractivity contribution in [3.8, 4) is 28.5 Å². The Kier molecular flexibility index (Phi) is 6.22. The molecule has 2 atom stereocenters. The van der Waals surface area contributed by atoms with Gasteiger partial charge in [0.15, 0.2) is 6.10 Å². The number of nitrogens with one attached hydrogen (secondary N) is 1. The van der Waals surface area contributed by atoms with Crippen molar-refractivity contribution in [3.63, 3.8) is 0 Å². The molecule has 1 saturated heterocycles. The molecule has 9 nitrogen and oxygen atoms in total. The molecule has 4 heterocycles. The molecule has 2 aromatic heterocycles. The Hall–Kier alpha value is -3.66. The zero-order chi connectivity index (χ0) is 26.4. The van der Waals surface area contributed by atoms with Gasteiger partial charge in [0.2, 0.25) is 5.90 Å². The van der Waals surface area contributed by atoms with Gasteiger partial charge in [-0.2, -0.15) is 0 Å². The molecule has 1 aromatic carbocycles. The Balaban J connectivity index is 1.29. The zero-order valence-corrected chi connectivity index (χ0v) is 22.6. The highest BCUT2D eigenvalue weighted by atomic mass is 32.2. The Labute approximate surface area is 222 Å². The maximum Gasteiger partial charge on any atom is 0.263 e. The van der Waals surface area contributed by atoms with Gasteiger partial charge in [0.05, 0.1) is 12.7 Å². The second-order valence-electron chi connectivity index (χ2n) is 10.5. The smallest absolute Gasteiger partial charge is 0.263 e. The third-order valence-electron chi connectivity index (χ3n) is 6.88. The number of hydrogen-bond donors (Lipinski definition) is 2. The SMILES string of the molecule is C[C@H]1CN=C(c2ccc(-c3cc(Oc4ccc([SH](C)(C)=O)nc4)cc(OC4CCN(C5CC5)C4=O)c3)[nH]2)O1. The zero-order valence-electron chi connectivity index (χ0n) is 21.7. The maximum absolute atomic E-state index is 12.9. The molecule has 200 valence electrons. The van der Waals surface area contributed by atoms with Crippen molar-refractivity contribution in [3.05, 3.63) is 54.4 Å². The van der Waals surface area contributed by atoms with Gasteiger partial charge in [-0.3, -0.25) is 9.00 Å². The molecule has 10 heteroatoms. The van der Waals surface area contributed by atoms with E-state index in [1.54, 1.807) is 36.9 Å². The number of aliphatic imine (C=N–C) groups is 1. The van der Waals surface area contributed by atoms with Crippen LogP contribution in [-0.4, -0.2) is 74.7 Å². The maximum atomic E-state index is 12.9. The van der Waals surface area contributed by atoms with Crippen LogP contribution in [0.4, 0.5) is 0 Å². The first-order chi connectivity index (χ1) is 18.2. The van der Waals surface area contributed by atoms with Crippen molar-refractivity contribution in [2.75, 3.05) is 25.6 Å². The minimum atomic E-state index is -2.46. The number of carbonyl (C=O) groups excluding carboxylic acids is 1. The summed E-state index contributed by atoms with van der Waals surface area (Å²) >= 11 is 0. The van der Waals surface area contributed by atoms with Gasteiger partial charge in [-0.25, -0.2) is 9.98 Å². The molecular formula is C28H32N4O5S. The standard InChI is InChI=1S/C28H32N4O5S/c1-17-15-30-27(35-17)24-8-7-23(31-24)18-12-21(36-20-6-9-26(29-16-20)38(2,3)34)14-22(13-18)37-25-10-11-32(28(25)33)19-4-5-19/h6-9,12-14,16-17,19,25,31,38H,4-5,10-11,15H2,1-3H3/t17-,25?/m0/s1. The van der Waals surface area contributed by atoms with E-state index in [1.165, 1.54) is 0 Å². The van der Waals surface area contributed by atoms with Gasteiger partial charge in [-0.05, 0) is 68.7 Å². The number of ether oxygens (including phenoxy) is 3. The molecule has 3 aliphatic rings. The summed E-state index contributed by atoms with van der Waals surface area (Å²) in [6.45, 7) is 3.35. The number of amides is 1. The van der Waals surface area contributed by atoms with E-state index in [0.717, 1.165) is 36.3 Å². The second kappa shape index (κ2) is 9.58. The molecule has 1 saturated carbocycles. The van der Waals surface area contributed by atoms with Crippen LogP contribution >= 0.6 is 0 Å². The average Bonchev–Trinajstić information content (AvgIpc) is 3.25. The molecule has 2 aliphatic heterocycles. The predicted octanol–water partition coefficient (Wildman–Crippen LogP) is 3.81. The van der Waals surface area contributed by atoms with Crippen molar-refractivity contribution in [2.24, 2.45) is 4.99 Å². The number of thiol groups is 1. The molecule has 2 fully saturated rings. The van der Waals surface area contributed by atoms with Gasteiger partial charge >= 0.3 is 0 Å². The van der Waals surface area contributed by atoms with Crippen LogP contribution in [0.25, 0.3) is 11.3 Å². The van der Waals surface area contributed by atoms with Crippen LogP contribution in [0.1, 0.15) is 31.9 Å². The molecule has 1 unspecified atom stereocenters. The van der Waals surface area contributed by atoms with Crippen LogP contribution in [0.5, 0.6) is 17.2 Å². The number of hydrogen-bond acceptors (Lipinski definition) is 7. The number of nitrogens with zero attached hydrogens (tertiary/aromatic N) is 3. The van der Waals surface area contributed by atoms with Gasteiger partial charge in [-0.1, -0.05) is 9.93 Å². The number of H-pyrrole nitrogens is 1. The fraction of sp³-hybridized carbons (Fsp3) is 0.393. The Morgan fingerprint density at radius 1 is 1.03 bits per heavy atom. The normalized spacial score (nSPS) is 21.8. The lowest BCUT2D eigenvalue weighted by Crippen LogP contribution is -2.33. The molecule has 1 amide bonds. The number of carbonyl (C=O) groups is 1. The minimum Gasteiger partial charge on any atom is -0.480 e. The number of rotatable bonds is 8. The fourth-order valence-electron chi connectivity index (χ4n) is 4.75. The van der Waals surface area contributed by atoms with Crippen molar-refractivity contribution in [1.82, 2.24) is 14.9 Å². The quantitative estimate of drug-likeness (QED) is 0.424. The third-order valence-corrected chi connectivity index (χ3v) is 8.25. The molecule has 1 aliphatic carbocycles. The number of aromatic nitrogens is 2. The lowest BCUT2D eigenvalue weighted by atomic mass is 10.1. The Morgan fingerprint density at radius 3 is 2.50 bits per heavy atom. The summed E-state index contributed by atoms with van der Waals surface area (Å²) < 4.78 is 30.5. The fourth-order valence-corrected chi connectivity index (χ4v) is 5.52. The van der Waals surface area contributed by atoms with E-state index in [9.17, 15) is 9.00 Å². The number of aromatic amines is 1. The van der Waals surface area contributed by atoms with Gasteiger partial charge in [0.25, 0.3) is 5.91 Å². The van der Waals surface area contributed by atoms with E-state index in [0.29, 0.717) is 47.2 Å². The molecule has 0 spiro atoms. The average molecular weight is 537 g/mol. The van der Waals surface area contributed by atoms with E-state index < -0.39 is 16.0 Å². The molecule has 38 heavy (non-hydrogen) atoms. The highest BCUT2D eigenvalue weighted by Gasteiger charge is 2.41. The van der Waals surface area contributed by atoms with Gasteiger partial charge in [-0.15, -0.1) is 0 Å². The van der Waals surface area contributed by atoms with Crippen LogP contribution in [0, 0.1) is 0 Å². The summed E-state index contributed by atoms with van der Waals surface area (Å²) in [5.74, 6) is 2.24. The number of pyridine rings is 1. The molecule has 3 aromatic rings. The largest absolute Gasteiger partial charge is 0.480 e. The van der Waals surface area contributed by atoms with Crippen molar-refractivity contribution >= 4 is 21.7 Å². The highest BCUT2D eigenvalue weighted by Crippen LogP contribution is 2.36. The summed E-state index contributed by atoms with van der Waals surface area (Å²) in [7, 11) is -2.46. The summed E-state index contributed by atoms with van der Waals surface area (Å²) in [6.07, 6.45) is 7.31. The number of likely N-dealkylation sites (tertiary alicyclic amines) is 1. The van der Waals surface area contributed by atoms with Crippen LogP contribution < -0.4 is 9.47 Å². The van der Waals surface area contributed by atoms with E-state index in [4.69, 9.17) is 14.2 Å². The van der Waals surface area contributed by atoms with Gasteiger partial charge < -0.3 is 24.1 Å². The van der Waals surface area contributed by atoms with Crippen LogP contribution in [0.3, 0.4) is 0 Å². The van der Waals surface area contributed by atoms with E-state index >= 15 is 0 Å². The highest BCUT2D eigenvalue weighted by molar-refractivity contribution is 8.01. The molecule has 0 radical (unpaired) electrons. The van der Waals surface area contributed by atoms with E-state index in [2.05, 4.69) is 15.0 Å². The van der Waals surface area contributed by atoms with Crippen molar-refractivity contribution < 1.29 is 23.2 Å². The molecule has 6 rings (SSSR count). The summed E-state index contributed by atoms with van der Waals surface area (Å²) in [5, 5.41) is 0.549. The third kappa shape index (κ3) is 5.18. The summed E-state index contributed by atoms with van der Waals surface area (Å²) in [5.41, 5.74) is 2.47. The lowest BCUT2D eigenvalue weighted by Gasteiger charge is -2.17. The second-order valence-corrected chi connectivity index (χ2v) is 13.7. The van der Waals surface area contributed by atoms with Crippen molar-refractivity contribution in [1.29, 1.82) is 0 Å². The van der Waals surface area contributed by atoms with Crippen LogP contribution in [0.2, 0.25) is 0 Å². The monoisotopic (exact) mass is 536 g/mol. The lowest BCUT2D eigenvalue weighted by molar-refractivity contribution is -0.133. The minimum absolute atomic E-state index is 0.0522. The summed E-state index contributed by atoms with van der Waals surface area (Å²) in [6, 6.07) is 13.3. The Bertz CT molecular complexity index is 1440. The molecular weight excluding hydrogens is 504 g/mol. The molecule has 0 bridgehead atoms. The first kappa shape index (κ1) is 24.7. The summed E-state index contributed by atoms with van der Waals surface area (Å²) in [4.78, 5) is 27.0. The molecule has 1 N–H and O–H groups in total. The van der Waals surface area contributed by atoms with E-state index in [1.807, 2.05) is 36.1 Å². The van der Waals surface area contributed by atoms with Crippen molar-refractivity contribution in [2.45, 2.75) is 49.5 Å². The van der Waals surface area contributed by atoms with Crippen LogP contribution in [0.15, 0.2) is 58.7 Å². The van der Waals surface area contributed by atoms with Crippen LogP contribution in [-0.2, 0) is 19.5 Å². The van der Waals surface area contributed by atoms with Gasteiger partial charge in [0, 0.05) is 36.3 Å². The first-order valence-electron chi connectivity index (χ1n) is 13.0. The Morgan fingerprint density at radius 2 is 1.82 bits per heavy atom. The first-order valence-corrected chi connectivity index (χ1v) is 15.6. The van der Waals surface area contributed by atoms with E-state index in [-0.39, 0.29) is 12.0 Å².